The van der Waals surface area contributed by atoms with Gasteiger partial charge < -0.3 is 10.5 Å². The Labute approximate surface area is 147 Å². The van der Waals surface area contributed by atoms with Crippen molar-refractivity contribution < 1.29 is 14.3 Å². The van der Waals surface area contributed by atoms with Crippen LogP contribution in [0.4, 0.5) is 0 Å². The number of aromatic amines is 1. The molecule has 24 heavy (non-hydrogen) atoms. The lowest BCUT2D eigenvalue weighted by Crippen LogP contribution is -2.68. The number of nitrogens with one attached hydrogen (secondary N) is 1. The van der Waals surface area contributed by atoms with Gasteiger partial charge >= 0.3 is 5.97 Å². The third-order valence-electron chi connectivity index (χ3n) is 3.38. The van der Waals surface area contributed by atoms with E-state index in [1.807, 2.05) is 0 Å². The number of β-lactam (4-membered cyclic amide) rings is 1. The van der Waals surface area contributed by atoms with Crippen molar-refractivity contribution in [3.05, 3.63) is 11.3 Å². The molecule has 11 heteroatoms. The van der Waals surface area contributed by atoms with Crippen molar-refractivity contribution in [1.82, 2.24) is 25.5 Å². The van der Waals surface area contributed by atoms with E-state index in [1.165, 1.54) is 16.7 Å². The van der Waals surface area contributed by atoms with E-state index in [4.69, 9.17) is 10.5 Å². The molecule has 2 aliphatic heterocycles. The van der Waals surface area contributed by atoms with Gasteiger partial charge in [-0.3, -0.25) is 9.69 Å². The Bertz CT molecular complexity index is 684. The molecule has 130 valence electrons. The number of nitrogens with zero attached hydrogens (tertiary/aromatic N) is 4. The van der Waals surface area contributed by atoms with Crippen molar-refractivity contribution in [2.24, 2.45) is 5.73 Å². The number of aromatic nitrogens is 4. The zero-order chi connectivity index (χ0) is 17.5. The molecule has 2 aliphatic rings. The summed E-state index contributed by atoms with van der Waals surface area (Å²) in [7, 11) is 0. The van der Waals surface area contributed by atoms with E-state index in [-0.39, 0.29) is 11.3 Å². The zero-order valence-electron chi connectivity index (χ0n) is 13.5. The van der Waals surface area contributed by atoms with E-state index in [2.05, 4.69) is 20.6 Å². The molecule has 3 rings (SSSR count). The molecule has 1 saturated heterocycles. The molecule has 1 aromatic heterocycles. The lowest BCUT2D eigenvalue weighted by molar-refractivity contribution is -0.157. The summed E-state index contributed by atoms with van der Waals surface area (Å²) in [6.45, 7) is 5.37. The number of rotatable bonds is 4. The van der Waals surface area contributed by atoms with E-state index in [1.54, 1.807) is 32.5 Å². The van der Waals surface area contributed by atoms with Crippen LogP contribution < -0.4 is 5.73 Å². The topological polar surface area (TPSA) is 127 Å². The molecule has 0 aromatic carbocycles. The average Bonchev–Trinajstić information content (AvgIpc) is 3.02. The van der Waals surface area contributed by atoms with Gasteiger partial charge in [0.05, 0.1) is 0 Å². The van der Waals surface area contributed by atoms with E-state index in [0.717, 1.165) is 5.57 Å². The number of carbonyl (C=O) groups excluding carboxylic acids is 2. The van der Waals surface area contributed by atoms with E-state index in [0.29, 0.717) is 22.4 Å². The summed E-state index contributed by atoms with van der Waals surface area (Å²) in [6.07, 6.45) is 0. The molecule has 0 bridgehead atoms. The number of carbonyl (C=O) groups is 2. The minimum Gasteiger partial charge on any atom is -0.455 e. The first kappa shape index (κ1) is 17.2. The van der Waals surface area contributed by atoms with Crippen LogP contribution in [0.3, 0.4) is 0 Å². The monoisotopic (exact) mass is 370 g/mol. The molecule has 9 nitrogen and oxygen atoms in total. The van der Waals surface area contributed by atoms with Gasteiger partial charge in [0.1, 0.15) is 22.7 Å². The number of H-pyrrole nitrogens is 1. The number of thioether (sulfide) groups is 2. The summed E-state index contributed by atoms with van der Waals surface area (Å²) in [5.74, 6) is 0.306. The molecule has 0 radical (unpaired) electrons. The Morgan fingerprint density at radius 3 is 2.92 bits per heavy atom. The third-order valence-corrected chi connectivity index (χ3v) is 5.67. The molecule has 3 N–H and O–H groups in total. The number of ether oxygens (including phenoxy) is 1. The predicted molar refractivity (Wildman–Crippen MR) is 88.8 cm³/mol. The quantitative estimate of drug-likeness (QED) is 0.432. The maximum absolute atomic E-state index is 12.6. The molecule has 1 amide bonds. The summed E-state index contributed by atoms with van der Waals surface area (Å²) in [5.41, 5.74) is 6.30. The van der Waals surface area contributed by atoms with E-state index in [9.17, 15) is 9.59 Å². The summed E-state index contributed by atoms with van der Waals surface area (Å²) in [6, 6.07) is -0.571. The maximum atomic E-state index is 12.6. The normalized spacial score (nSPS) is 23.8. The summed E-state index contributed by atoms with van der Waals surface area (Å²) in [4.78, 5) is 26.3. The first-order valence-corrected chi connectivity index (χ1v) is 9.33. The van der Waals surface area contributed by atoms with Crippen LogP contribution in [-0.2, 0) is 14.3 Å². The maximum Gasteiger partial charge on any atom is 0.355 e. The fourth-order valence-electron chi connectivity index (χ4n) is 2.37. The van der Waals surface area contributed by atoms with Crippen molar-refractivity contribution in [3.63, 3.8) is 0 Å². The van der Waals surface area contributed by atoms with Crippen molar-refractivity contribution in [3.8, 4) is 0 Å². The SMILES string of the molecule is CC(C)(C)OC(=O)C1=C(CSc2nn[nH]n2)CS[C@@H]2C(N)C(=O)N12. The second-order valence-electron chi connectivity index (χ2n) is 6.37. The third kappa shape index (κ3) is 3.28. The smallest absolute Gasteiger partial charge is 0.355 e. The zero-order valence-corrected chi connectivity index (χ0v) is 15.1. The van der Waals surface area contributed by atoms with Crippen molar-refractivity contribution in [2.45, 2.75) is 42.9 Å². The summed E-state index contributed by atoms with van der Waals surface area (Å²) in [5, 5.41) is 13.9. The lowest BCUT2D eigenvalue weighted by atomic mass is 10.0. The molecule has 0 aliphatic carbocycles. The molecule has 1 unspecified atom stereocenters. The largest absolute Gasteiger partial charge is 0.455 e. The highest BCUT2D eigenvalue weighted by Crippen LogP contribution is 2.41. The highest BCUT2D eigenvalue weighted by molar-refractivity contribution is 8.01. The fraction of sp³-hybridized carbons (Fsp3) is 0.615. The minimum atomic E-state index is -0.647. The summed E-state index contributed by atoms with van der Waals surface area (Å²) >= 11 is 2.88. The number of nitrogens with two attached hydrogens (primary N) is 1. The highest BCUT2D eigenvalue weighted by atomic mass is 32.2. The van der Waals surface area contributed by atoms with E-state index >= 15 is 0 Å². The number of esters is 1. The molecular formula is C13H18N6O3S2. The first-order chi connectivity index (χ1) is 11.3. The Kier molecular flexibility index (Phi) is 4.58. The Balaban J connectivity index is 1.86. The van der Waals surface area contributed by atoms with Gasteiger partial charge in [0, 0.05) is 11.5 Å². The first-order valence-electron chi connectivity index (χ1n) is 7.30. The Morgan fingerprint density at radius 2 is 2.29 bits per heavy atom. The van der Waals surface area contributed by atoms with Gasteiger partial charge in [-0.2, -0.15) is 5.21 Å². The predicted octanol–water partition coefficient (Wildman–Crippen LogP) is 0.130. The van der Waals surface area contributed by atoms with Gasteiger partial charge in [-0.25, -0.2) is 4.79 Å². The van der Waals surface area contributed by atoms with Crippen molar-refractivity contribution in [2.75, 3.05) is 11.5 Å². The minimum absolute atomic E-state index is 0.209. The van der Waals surface area contributed by atoms with Gasteiger partial charge in [-0.1, -0.05) is 11.8 Å². The van der Waals surface area contributed by atoms with Gasteiger partial charge in [-0.15, -0.1) is 22.0 Å². The number of amides is 1. The molecular weight excluding hydrogens is 352 g/mol. The van der Waals surface area contributed by atoms with Crippen LogP contribution in [0.25, 0.3) is 0 Å². The van der Waals surface area contributed by atoms with Crippen LogP contribution in [0, 0.1) is 0 Å². The second-order valence-corrected chi connectivity index (χ2v) is 8.42. The van der Waals surface area contributed by atoms with Gasteiger partial charge in [0.2, 0.25) is 11.1 Å². The number of hydrogen-bond acceptors (Lipinski definition) is 9. The molecule has 3 heterocycles. The van der Waals surface area contributed by atoms with Gasteiger partial charge in [0.25, 0.3) is 0 Å². The van der Waals surface area contributed by atoms with Crippen LogP contribution in [0.1, 0.15) is 20.8 Å². The number of hydrogen-bond donors (Lipinski definition) is 2. The van der Waals surface area contributed by atoms with Crippen molar-refractivity contribution >= 4 is 35.4 Å². The van der Waals surface area contributed by atoms with Crippen molar-refractivity contribution in [1.29, 1.82) is 0 Å². The number of tetrazole rings is 1. The molecule has 1 aromatic rings. The Morgan fingerprint density at radius 1 is 1.54 bits per heavy atom. The summed E-state index contributed by atoms with van der Waals surface area (Å²) < 4.78 is 5.48. The molecule has 2 atom stereocenters. The second kappa shape index (κ2) is 6.37. The van der Waals surface area contributed by atoms with Crippen LogP contribution in [0.15, 0.2) is 16.4 Å². The van der Waals surface area contributed by atoms with Crippen LogP contribution in [0.2, 0.25) is 0 Å². The van der Waals surface area contributed by atoms with Crippen LogP contribution in [-0.4, -0.2) is 65.9 Å². The highest BCUT2D eigenvalue weighted by Gasteiger charge is 2.52. The standard InChI is InChI=1S/C13H18N6O3S2/c1-13(2,3)22-11(21)8-6(5-24-12-15-17-18-16-12)4-23-10-7(14)9(20)19(8)10/h7,10H,4-5,14H2,1-3H3,(H,15,16,17,18)/t7?,10-/m1/s1. The molecule has 0 spiro atoms. The lowest BCUT2D eigenvalue weighted by Gasteiger charge is -2.48. The Hall–Kier alpha value is -1.59. The van der Waals surface area contributed by atoms with Crippen LogP contribution >= 0.6 is 23.5 Å². The van der Waals surface area contributed by atoms with E-state index < -0.39 is 17.6 Å². The fourth-order valence-corrected chi connectivity index (χ4v) is 4.54. The molecule has 0 saturated carbocycles. The average molecular weight is 370 g/mol. The van der Waals surface area contributed by atoms with Crippen LogP contribution in [0.5, 0.6) is 0 Å². The number of fused-ring (bicyclic) bond motifs is 1. The van der Waals surface area contributed by atoms with Gasteiger partial charge in [0.15, 0.2) is 0 Å². The van der Waals surface area contributed by atoms with Gasteiger partial charge in [-0.05, 0) is 31.6 Å². The molecule has 1 fully saturated rings.